The third-order valence-corrected chi connectivity index (χ3v) is 4.79. The number of rotatable bonds is 12. The molecule has 0 saturated carbocycles. The van der Waals surface area contributed by atoms with E-state index in [4.69, 9.17) is 9.47 Å². The van der Waals surface area contributed by atoms with Crippen molar-refractivity contribution in [3.05, 3.63) is 23.8 Å². The number of methoxy groups -OCH3 is 1. The Morgan fingerprint density at radius 1 is 1.17 bits per heavy atom. The number of hydrogen-bond acceptors (Lipinski definition) is 4. The number of phenols is 1. The van der Waals surface area contributed by atoms with Crippen LogP contribution in [0.25, 0.3) is 0 Å². The summed E-state index contributed by atoms with van der Waals surface area (Å²) in [5.74, 6) is 0.683. The lowest BCUT2D eigenvalue weighted by atomic mass is 10.0. The molecule has 4 heteroatoms. The fraction of sp³-hybridized carbons (Fsp3) is 0.700. The van der Waals surface area contributed by atoms with Crippen molar-refractivity contribution in [3.63, 3.8) is 0 Å². The first-order chi connectivity index (χ1) is 11.6. The van der Waals surface area contributed by atoms with Crippen LogP contribution in [0.5, 0.6) is 11.5 Å². The molecule has 136 valence electrons. The predicted octanol–water partition coefficient (Wildman–Crippen LogP) is 4.21. The van der Waals surface area contributed by atoms with Crippen molar-refractivity contribution in [2.45, 2.75) is 83.0 Å². The lowest BCUT2D eigenvalue weighted by Gasteiger charge is -2.08. The van der Waals surface area contributed by atoms with Crippen LogP contribution in [-0.4, -0.2) is 35.6 Å². The van der Waals surface area contributed by atoms with E-state index in [1.54, 1.807) is 13.2 Å². The molecular weight excluding hydrogens is 304 g/mol. The van der Waals surface area contributed by atoms with Crippen LogP contribution in [-0.2, 0) is 11.2 Å². The van der Waals surface area contributed by atoms with Crippen LogP contribution in [0.4, 0.5) is 0 Å². The summed E-state index contributed by atoms with van der Waals surface area (Å²) in [5, 5.41) is 19.7. The third kappa shape index (κ3) is 6.33. The number of epoxide rings is 1. The molecule has 1 saturated heterocycles. The molecule has 1 fully saturated rings. The standard InChI is InChI=1S/C20H32O4/c1-3-4-5-6-7-8-16(21)14-20-18(24-20)12-10-15-9-11-17(22)19(13-15)23-2/h9,11,13,16,18,20-22H,3-8,10,12,14H2,1-2H3. The molecule has 0 bridgehead atoms. The molecule has 0 spiro atoms. The third-order valence-electron chi connectivity index (χ3n) is 4.79. The van der Waals surface area contributed by atoms with Crippen LogP contribution in [0, 0.1) is 0 Å². The van der Waals surface area contributed by atoms with Gasteiger partial charge < -0.3 is 19.7 Å². The van der Waals surface area contributed by atoms with Gasteiger partial charge in [-0.2, -0.15) is 0 Å². The molecule has 1 aromatic carbocycles. The van der Waals surface area contributed by atoms with Crippen LogP contribution in [0.2, 0.25) is 0 Å². The lowest BCUT2D eigenvalue weighted by molar-refractivity contribution is 0.139. The Balaban J connectivity index is 1.60. The van der Waals surface area contributed by atoms with E-state index in [-0.39, 0.29) is 24.1 Å². The number of ether oxygens (including phenoxy) is 2. The maximum Gasteiger partial charge on any atom is 0.160 e. The molecule has 0 aromatic heterocycles. The van der Waals surface area contributed by atoms with Crippen LogP contribution < -0.4 is 4.74 Å². The van der Waals surface area contributed by atoms with Crippen molar-refractivity contribution in [3.8, 4) is 11.5 Å². The zero-order chi connectivity index (χ0) is 17.4. The van der Waals surface area contributed by atoms with Crippen LogP contribution in [0.3, 0.4) is 0 Å². The van der Waals surface area contributed by atoms with Gasteiger partial charge in [0, 0.05) is 6.42 Å². The average Bonchev–Trinajstić information content (AvgIpc) is 3.31. The largest absolute Gasteiger partial charge is 0.504 e. The molecular formula is C20H32O4. The molecule has 0 aliphatic carbocycles. The number of phenolic OH excluding ortho intramolecular Hbond substituents is 1. The van der Waals surface area contributed by atoms with E-state index in [9.17, 15) is 10.2 Å². The number of hydrogen-bond donors (Lipinski definition) is 2. The first-order valence-electron chi connectivity index (χ1n) is 9.33. The number of aliphatic hydroxyl groups is 1. The van der Waals surface area contributed by atoms with Crippen molar-refractivity contribution in [2.75, 3.05) is 7.11 Å². The first kappa shape index (κ1) is 19.1. The van der Waals surface area contributed by atoms with E-state index in [1.165, 1.54) is 25.7 Å². The number of aromatic hydroxyl groups is 1. The molecule has 24 heavy (non-hydrogen) atoms. The summed E-state index contributed by atoms with van der Waals surface area (Å²) in [5.41, 5.74) is 1.13. The highest BCUT2D eigenvalue weighted by Gasteiger charge is 2.39. The van der Waals surface area contributed by atoms with Gasteiger partial charge in [-0.15, -0.1) is 0 Å². The monoisotopic (exact) mass is 336 g/mol. The fourth-order valence-corrected chi connectivity index (χ4v) is 3.20. The lowest BCUT2D eigenvalue weighted by Crippen LogP contribution is -2.11. The molecule has 2 rings (SSSR count). The second-order valence-electron chi connectivity index (χ2n) is 6.85. The van der Waals surface area contributed by atoms with Crippen molar-refractivity contribution in [2.24, 2.45) is 0 Å². The van der Waals surface area contributed by atoms with Crippen LogP contribution in [0.15, 0.2) is 18.2 Å². The van der Waals surface area contributed by atoms with Gasteiger partial charge in [0.2, 0.25) is 0 Å². The first-order valence-corrected chi connectivity index (χ1v) is 9.33. The van der Waals surface area contributed by atoms with Gasteiger partial charge in [-0.05, 0) is 37.0 Å². The predicted molar refractivity (Wildman–Crippen MR) is 95.6 cm³/mol. The second-order valence-corrected chi connectivity index (χ2v) is 6.85. The van der Waals surface area contributed by atoms with Crippen LogP contribution >= 0.6 is 0 Å². The van der Waals surface area contributed by atoms with Gasteiger partial charge in [0.1, 0.15) is 0 Å². The van der Waals surface area contributed by atoms with E-state index in [0.717, 1.165) is 37.7 Å². The molecule has 1 aromatic rings. The Hall–Kier alpha value is -1.26. The smallest absolute Gasteiger partial charge is 0.160 e. The molecule has 3 unspecified atom stereocenters. The Morgan fingerprint density at radius 3 is 2.71 bits per heavy atom. The topological polar surface area (TPSA) is 62.2 Å². The zero-order valence-electron chi connectivity index (χ0n) is 15.0. The van der Waals surface area contributed by atoms with Gasteiger partial charge in [0.25, 0.3) is 0 Å². The van der Waals surface area contributed by atoms with Crippen molar-refractivity contribution >= 4 is 0 Å². The summed E-state index contributed by atoms with van der Waals surface area (Å²) in [6.07, 6.45) is 9.93. The fourth-order valence-electron chi connectivity index (χ4n) is 3.20. The Kier molecular flexibility index (Phi) is 7.86. The molecule has 3 atom stereocenters. The summed E-state index contributed by atoms with van der Waals surface area (Å²) in [7, 11) is 1.56. The van der Waals surface area contributed by atoms with E-state index >= 15 is 0 Å². The number of aliphatic hydroxyl groups excluding tert-OH is 1. The molecule has 1 aliphatic heterocycles. The highest BCUT2D eigenvalue weighted by atomic mass is 16.6. The minimum Gasteiger partial charge on any atom is -0.504 e. The van der Waals surface area contributed by atoms with E-state index < -0.39 is 0 Å². The van der Waals surface area contributed by atoms with Gasteiger partial charge in [0.05, 0.1) is 25.4 Å². The molecule has 0 radical (unpaired) electrons. The molecule has 1 heterocycles. The molecule has 0 amide bonds. The minimum absolute atomic E-state index is 0.170. The minimum atomic E-state index is -0.226. The zero-order valence-corrected chi connectivity index (χ0v) is 15.0. The maximum absolute atomic E-state index is 10.1. The van der Waals surface area contributed by atoms with Crippen molar-refractivity contribution in [1.29, 1.82) is 0 Å². The summed E-state index contributed by atoms with van der Waals surface area (Å²) >= 11 is 0. The summed E-state index contributed by atoms with van der Waals surface area (Å²) in [6, 6.07) is 5.46. The van der Waals surface area contributed by atoms with Crippen molar-refractivity contribution in [1.82, 2.24) is 0 Å². The van der Waals surface area contributed by atoms with Gasteiger partial charge in [-0.1, -0.05) is 45.1 Å². The Morgan fingerprint density at radius 2 is 1.96 bits per heavy atom. The SMILES string of the molecule is CCCCCCCC(O)CC1OC1CCc1ccc(O)c(OC)c1. The summed E-state index contributed by atoms with van der Waals surface area (Å²) in [6.45, 7) is 2.22. The average molecular weight is 336 g/mol. The van der Waals surface area contributed by atoms with E-state index in [0.29, 0.717) is 5.75 Å². The van der Waals surface area contributed by atoms with Gasteiger partial charge in [-0.25, -0.2) is 0 Å². The highest BCUT2D eigenvalue weighted by molar-refractivity contribution is 5.41. The van der Waals surface area contributed by atoms with Gasteiger partial charge >= 0.3 is 0 Å². The molecule has 2 N–H and O–H groups in total. The number of benzene rings is 1. The number of aryl methyl sites for hydroxylation is 1. The van der Waals surface area contributed by atoms with E-state index in [2.05, 4.69) is 6.92 Å². The maximum atomic E-state index is 10.1. The van der Waals surface area contributed by atoms with E-state index in [1.807, 2.05) is 12.1 Å². The quantitative estimate of drug-likeness (QED) is 0.443. The Labute approximate surface area is 145 Å². The second kappa shape index (κ2) is 9.90. The number of unbranched alkanes of at least 4 members (excludes halogenated alkanes) is 4. The summed E-state index contributed by atoms with van der Waals surface area (Å²) in [4.78, 5) is 0. The summed E-state index contributed by atoms with van der Waals surface area (Å²) < 4.78 is 10.8. The normalized spacial score (nSPS) is 20.8. The highest BCUT2D eigenvalue weighted by Crippen LogP contribution is 2.33. The van der Waals surface area contributed by atoms with Crippen LogP contribution in [0.1, 0.15) is 63.9 Å². The van der Waals surface area contributed by atoms with Crippen molar-refractivity contribution < 1.29 is 19.7 Å². The van der Waals surface area contributed by atoms with Gasteiger partial charge in [0.15, 0.2) is 11.5 Å². The van der Waals surface area contributed by atoms with Gasteiger partial charge in [-0.3, -0.25) is 0 Å². The molecule has 1 aliphatic rings. The molecule has 4 nitrogen and oxygen atoms in total. The Bertz CT molecular complexity index is 489.